The Hall–Kier alpha value is -1.26. The van der Waals surface area contributed by atoms with Crippen LogP contribution >= 0.6 is 0 Å². The lowest BCUT2D eigenvalue weighted by atomic mass is 10.0. The first-order valence-corrected chi connectivity index (χ1v) is 5.95. The van der Waals surface area contributed by atoms with E-state index in [0.29, 0.717) is 25.8 Å². The molecular weight excluding hydrogens is 216 g/mol. The molecule has 17 heavy (non-hydrogen) atoms. The van der Waals surface area contributed by atoms with Crippen molar-refractivity contribution in [1.29, 1.82) is 0 Å². The van der Waals surface area contributed by atoms with Crippen LogP contribution in [-0.4, -0.2) is 44.8 Å². The van der Waals surface area contributed by atoms with Gasteiger partial charge in [-0.25, -0.2) is 0 Å². The van der Waals surface area contributed by atoms with Gasteiger partial charge in [0.25, 0.3) is 0 Å². The Balaban J connectivity index is 2.11. The molecule has 0 fully saturated rings. The predicted octanol–water partition coefficient (Wildman–Crippen LogP) is 0.889. The zero-order valence-electron chi connectivity index (χ0n) is 10.5. The van der Waals surface area contributed by atoms with Gasteiger partial charge in [0, 0.05) is 12.6 Å². The number of nitrogens with two attached hydrogens (primary N) is 1. The number of likely N-dealkylation sites (N-methyl/N-ethyl adjacent to an activating group) is 1. The molecule has 1 aromatic carbocycles. The van der Waals surface area contributed by atoms with Crippen LogP contribution in [0.3, 0.4) is 0 Å². The van der Waals surface area contributed by atoms with Crippen LogP contribution in [0.1, 0.15) is 5.56 Å². The number of hydrogen-bond acceptors (Lipinski definition) is 4. The van der Waals surface area contributed by atoms with E-state index in [1.165, 1.54) is 5.56 Å². The fourth-order valence-electron chi connectivity index (χ4n) is 1.96. The molecule has 1 aliphatic heterocycles. The zero-order valence-corrected chi connectivity index (χ0v) is 10.5. The van der Waals surface area contributed by atoms with Gasteiger partial charge in [0.1, 0.15) is 13.2 Å². The summed E-state index contributed by atoms with van der Waals surface area (Å²) in [5.41, 5.74) is 7.00. The van der Waals surface area contributed by atoms with E-state index in [4.69, 9.17) is 15.2 Å². The van der Waals surface area contributed by atoms with Crippen molar-refractivity contribution in [2.75, 3.05) is 33.9 Å². The van der Waals surface area contributed by atoms with E-state index in [1.54, 1.807) is 0 Å². The molecule has 0 spiro atoms. The quantitative estimate of drug-likeness (QED) is 0.843. The topological polar surface area (TPSA) is 47.7 Å². The number of rotatable bonds is 4. The van der Waals surface area contributed by atoms with Crippen molar-refractivity contribution in [3.63, 3.8) is 0 Å². The molecule has 0 aromatic heterocycles. The molecule has 0 saturated carbocycles. The number of hydrogen-bond donors (Lipinski definition) is 1. The highest BCUT2D eigenvalue weighted by atomic mass is 16.6. The first kappa shape index (κ1) is 12.2. The van der Waals surface area contributed by atoms with E-state index in [-0.39, 0.29) is 0 Å². The molecule has 4 nitrogen and oxygen atoms in total. The smallest absolute Gasteiger partial charge is 0.161 e. The third kappa shape index (κ3) is 2.90. The molecule has 2 rings (SSSR count). The highest BCUT2D eigenvalue weighted by molar-refractivity contribution is 5.44. The van der Waals surface area contributed by atoms with Crippen molar-refractivity contribution in [2.24, 2.45) is 5.73 Å². The van der Waals surface area contributed by atoms with Crippen LogP contribution in [0.25, 0.3) is 0 Å². The molecule has 1 atom stereocenters. The summed E-state index contributed by atoms with van der Waals surface area (Å²) in [6.45, 7) is 1.92. The predicted molar refractivity (Wildman–Crippen MR) is 67.7 cm³/mol. The molecule has 1 aliphatic rings. The maximum absolute atomic E-state index is 5.76. The third-order valence-electron chi connectivity index (χ3n) is 3.08. The Morgan fingerprint density at radius 1 is 1.24 bits per heavy atom. The molecule has 94 valence electrons. The van der Waals surface area contributed by atoms with Crippen LogP contribution in [0.15, 0.2) is 18.2 Å². The normalized spacial score (nSPS) is 16.0. The third-order valence-corrected chi connectivity index (χ3v) is 3.08. The minimum atomic E-state index is 0.359. The van der Waals surface area contributed by atoms with Crippen molar-refractivity contribution in [1.82, 2.24) is 4.90 Å². The lowest BCUT2D eigenvalue weighted by Crippen LogP contribution is -2.36. The second-order valence-corrected chi connectivity index (χ2v) is 4.54. The van der Waals surface area contributed by atoms with Crippen molar-refractivity contribution in [3.05, 3.63) is 23.8 Å². The van der Waals surface area contributed by atoms with Crippen LogP contribution in [0.4, 0.5) is 0 Å². The number of benzene rings is 1. The highest BCUT2D eigenvalue weighted by Crippen LogP contribution is 2.31. The average Bonchev–Trinajstić information content (AvgIpc) is 2.35. The monoisotopic (exact) mass is 236 g/mol. The van der Waals surface area contributed by atoms with Gasteiger partial charge in [0.2, 0.25) is 0 Å². The van der Waals surface area contributed by atoms with Crippen molar-refractivity contribution in [3.8, 4) is 11.5 Å². The first-order valence-electron chi connectivity index (χ1n) is 5.95. The van der Waals surface area contributed by atoms with E-state index < -0.39 is 0 Å². The van der Waals surface area contributed by atoms with Gasteiger partial charge >= 0.3 is 0 Å². The summed E-state index contributed by atoms with van der Waals surface area (Å²) in [4.78, 5) is 2.15. The Morgan fingerprint density at radius 3 is 2.59 bits per heavy atom. The molecular formula is C13H20N2O2. The highest BCUT2D eigenvalue weighted by Gasteiger charge is 2.14. The van der Waals surface area contributed by atoms with E-state index >= 15 is 0 Å². The number of fused-ring (bicyclic) bond motifs is 1. The van der Waals surface area contributed by atoms with Crippen LogP contribution in [-0.2, 0) is 6.42 Å². The second kappa shape index (κ2) is 5.38. The molecule has 1 heterocycles. The van der Waals surface area contributed by atoms with E-state index in [0.717, 1.165) is 17.9 Å². The summed E-state index contributed by atoms with van der Waals surface area (Å²) in [5.74, 6) is 1.69. The van der Waals surface area contributed by atoms with Gasteiger partial charge in [0.15, 0.2) is 11.5 Å². The summed E-state index contributed by atoms with van der Waals surface area (Å²) < 4.78 is 11.1. The Labute approximate surface area is 102 Å². The molecule has 0 bridgehead atoms. The Bertz CT molecular complexity index is 380. The van der Waals surface area contributed by atoms with Crippen molar-refractivity contribution < 1.29 is 9.47 Å². The average molecular weight is 236 g/mol. The molecule has 4 heteroatoms. The fraction of sp³-hybridized carbons (Fsp3) is 0.538. The van der Waals surface area contributed by atoms with Gasteiger partial charge in [-0.2, -0.15) is 0 Å². The zero-order chi connectivity index (χ0) is 12.3. The largest absolute Gasteiger partial charge is 0.486 e. The minimum absolute atomic E-state index is 0.359. The standard InChI is InChI=1S/C13H20N2O2/c1-15(2)11(9-14)7-10-3-4-12-13(8-10)17-6-5-16-12/h3-4,8,11H,5-7,9,14H2,1-2H3. The molecule has 2 N–H and O–H groups in total. The van der Waals surface area contributed by atoms with Crippen LogP contribution in [0.2, 0.25) is 0 Å². The molecule has 1 aromatic rings. The lowest BCUT2D eigenvalue weighted by molar-refractivity contribution is 0.171. The summed E-state index contributed by atoms with van der Waals surface area (Å²) in [5, 5.41) is 0. The molecule has 1 unspecified atom stereocenters. The lowest BCUT2D eigenvalue weighted by Gasteiger charge is -2.24. The maximum Gasteiger partial charge on any atom is 0.161 e. The van der Waals surface area contributed by atoms with Crippen molar-refractivity contribution >= 4 is 0 Å². The molecule has 0 saturated heterocycles. The van der Waals surface area contributed by atoms with Crippen molar-refractivity contribution in [2.45, 2.75) is 12.5 Å². The van der Waals surface area contributed by atoms with Gasteiger partial charge in [-0.05, 0) is 38.2 Å². The summed E-state index contributed by atoms with van der Waals surface area (Å²) >= 11 is 0. The summed E-state index contributed by atoms with van der Waals surface area (Å²) in [6.07, 6.45) is 0.931. The molecule has 0 amide bonds. The Morgan fingerprint density at radius 2 is 1.94 bits per heavy atom. The van der Waals surface area contributed by atoms with Gasteiger partial charge in [-0.1, -0.05) is 6.07 Å². The Kier molecular flexibility index (Phi) is 3.86. The van der Waals surface area contributed by atoms with Gasteiger partial charge in [-0.15, -0.1) is 0 Å². The van der Waals surface area contributed by atoms with Crippen LogP contribution < -0.4 is 15.2 Å². The molecule has 0 aliphatic carbocycles. The van der Waals surface area contributed by atoms with E-state index in [9.17, 15) is 0 Å². The summed E-state index contributed by atoms with van der Waals surface area (Å²) in [6, 6.07) is 6.48. The maximum atomic E-state index is 5.76. The first-order chi connectivity index (χ1) is 8.20. The van der Waals surface area contributed by atoms with Gasteiger partial charge in [0.05, 0.1) is 0 Å². The fourth-order valence-corrected chi connectivity index (χ4v) is 1.96. The summed E-state index contributed by atoms with van der Waals surface area (Å²) in [7, 11) is 4.10. The van der Waals surface area contributed by atoms with E-state index in [1.807, 2.05) is 6.07 Å². The number of nitrogens with zero attached hydrogens (tertiary/aromatic N) is 1. The van der Waals surface area contributed by atoms with Crippen LogP contribution in [0, 0.1) is 0 Å². The van der Waals surface area contributed by atoms with Gasteiger partial charge < -0.3 is 20.1 Å². The molecule has 0 radical (unpaired) electrons. The number of ether oxygens (including phenoxy) is 2. The SMILES string of the molecule is CN(C)C(CN)Cc1ccc2c(c1)OCCO2. The van der Waals surface area contributed by atoms with Gasteiger partial charge in [-0.3, -0.25) is 0 Å². The second-order valence-electron chi connectivity index (χ2n) is 4.54. The minimum Gasteiger partial charge on any atom is -0.486 e. The van der Waals surface area contributed by atoms with Crippen LogP contribution in [0.5, 0.6) is 11.5 Å². The van der Waals surface area contributed by atoms with E-state index in [2.05, 4.69) is 31.1 Å².